The number of quaternary nitrogens is 1. The van der Waals surface area contributed by atoms with Crippen LogP contribution in [0.3, 0.4) is 0 Å². The van der Waals surface area contributed by atoms with Crippen LogP contribution in [0.25, 0.3) is 0 Å². The van der Waals surface area contributed by atoms with Crippen molar-refractivity contribution >= 4 is 9.84 Å². The molecule has 0 amide bonds. The van der Waals surface area contributed by atoms with Crippen LogP contribution >= 0.6 is 0 Å². The Morgan fingerprint density at radius 2 is 2.00 bits per heavy atom. The summed E-state index contributed by atoms with van der Waals surface area (Å²) in [6.07, 6.45) is 0. The van der Waals surface area contributed by atoms with Gasteiger partial charge in [0.2, 0.25) is 9.84 Å². The maximum Gasteiger partial charge on any atom is 0.336 e. The van der Waals surface area contributed by atoms with Gasteiger partial charge < -0.3 is 10.2 Å². The molecule has 0 saturated heterocycles. The zero-order valence-corrected chi connectivity index (χ0v) is 12.6. The van der Waals surface area contributed by atoms with Gasteiger partial charge >= 0.3 is 5.22 Å². The maximum absolute atomic E-state index is 12.3. The molecule has 2 aromatic rings. The molecule has 1 atom stereocenters. The van der Waals surface area contributed by atoms with Gasteiger partial charge in [-0.2, -0.15) is 0 Å². The lowest BCUT2D eigenvalue weighted by Crippen LogP contribution is -2.51. The van der Waals surface area contributed by atoms with Gasteiger partial charge in [0.25, 0.3) is 5.89 Å². The summed E-state index contributed by atoms with van der Waals surface area (Å²) in [5.41, 5.74) is 6.40. The second kappa shape index (κ2) is 5.34. The van der Waals surface area contributed by atoms with Gasteiger partial charge in [-0.1, -0.05) is 28.9 Å². The summed E-state index contributed by atoms with van der Waals surface area (Å²) in [4.78, 5) is 0. The highest BCUT2D eigenvalue weighted by Gasteiger charge is 2.25. The van der Waals surface area contributed by atoms with Gasteiger partial charge in [-0.3, -0.25) is 0 Å². The van der Waals surface area contributed by atoms with Crippen molar-refractivity contribution in [3.63, 3.8) is 0 Å². The van der Waals surface area contributed by atoms with Crippen molar-refractivity contribution in [3.05, 3.63) is 40.8 Å². The van der Waals surface area contributed by atoms with Gasteiger partial charge in [0, 0.05) is 0 Å². The molecule has 1 aromatic carbocycles. The lowest BCUT2D eigenvalue weighted by atomic mass is 10.1. The summed E-state index contributed by atoms with van der Waals surface area (Å²) < 4.78 is 29.7. The van der Waals surface area contributed by atoms with Crippen molar-refractivity contribution in [2.45, 2.75) is 37.8 Å². The molecule has 0 saturated carbocycles. The largest absolute Gasteiger partial charge is 0.406 e. The Morgan fingerprint density at radius 3 is 2.60 bits per heavy atom. The molecule has 2 rings (SSSR count). The van der Waals surface area contributed by atoms with Crippen molar-refractivity contribution in [1.29, 1.82) is 0 Å². The molecule has 1 heterocycles. The number of benzene rings is 1. The lowest BCUT2D eigenvalue weighted by molar-refractivity contribution is -0.425. The number of aromatic nitrogens is 2. The molecule has 0 radical (unpaired) electrons. The van der Waals surface area contributed by atoms with E-state index in [1.807, 2.05) is 32.0 Å². The number of rotatable bonds is 4. The minimum Gasteiger partial charge on any atom is -0.406 e. The lowest BCUT2D eigenvalue weighted by Gasteiger charge is -2.06. The molecule has 0 bridgehead atoms. The summed E-state index contributed by atoms with van der Waals surface area (Å²) >= 11 is 0. The van der Waals surface area contributed by atoms with Crippen LogP contribution in [0.4, 0.5) is 0 Å². The van der Waals surface area contributed by atoms with Gasteiger partial charge in [-0.05, 0) is 31.9 Å². The molecule has 7 heteroatoms. The van der Waals surface area contributed by atoms with Crippen molar-refractivity contribution < 1.29 is 18.6 Å². The second-order valence-electron chi connectivity index (χ2n) is 5.00. The van der Waals surface area contributed by atoms with E-state index in [9.17, 15) is 8.42 Å². The first-order valence-corrected chi connectivity index (χ1v) is 7.90. The Kier molecular flexibility index (Phi) is 3.92. The molecule has 6 nitrogen and oxygen atoms in total. The van der Waals surface area contributed by atoms with Crippen LogP contribution in [0.2, 0.25) is 0 Å². The number of sulfone groups is 1. The molecule has 0 fully saturated rings. The topological polar surface area (TPSA) is 101 Å². The summed E-state index contributed by atoms with van der Waals surface area (Å²) in [6, 6.07) is 5.46. The Hall–Kier alpha value is -1.73. The summed E-state index contributed by atoms with van der Waals surface area (Å²) in [5, 5.41) is 6.97. The van der Waals surface area contributed by atoms with E-state index in [1.54, 1.807) is 6.92 Å². The summed E-state index contributed by atoms with van der Waals surface area (Å²) in [7, 11) is -3.63. The number of hydrogen-bond acceptors (Lipinski definition) is 5. The minimum absolute atomic E-state index is 0.145. The molecule has 0 aliphatic carbocycles. The number of aryl methyl sites for hydroxylation is 2. The van der Waals surface area contributed by atoms with Gasteiger partial charge in [0.05, 0.1) is 5.75 Å². The van der Waals surface area contributed by atoms with E-state index in [0.29, 0.717) is 0 Å². The van der Waals surface area contributed by atoms with Crippen LogP contribution in [0, 0.1) is 13.8 Å². The quantitative estimate of drug-likeness (QED) is 0.905. The molecule has 0 aliphatic heterocycles. The fourth-order valence-corrected chi connectivity index (χ4v) is 2.99. The van der Waals surface area contributed by atoms with E-state index in [2.05, 4.69) is 15.9 Å². The average molecular weight is 296 g/mol. The van der Waals surface area contributed by atoms with E-state index in [4.69, 9.17) is 4.42 Å². The van der Waals surface area contributed by atoms with Gasteiger partial charge in [-0.25, -0.2) is 8.42 Å². The monoisotopic (exact) mass is 296 g/mol. The summed E-state index contributed by atoms with van der Waals surface area (Å²) in [6.45, 7) is 5.56. The molecule has 3 N–H and O–H groups in total. The first-order valence-electron chi connectivity index (χ1n) is 6.25. The third kappa shape index (κ3) is 3.05. The van der Waals surface area contributed by atoms with Crippen LogP contribution in [0.15, 0.2) is 27.8 Å². The fraction of sp³-hybridized carbons (Fsp3) is 0.385. The van der Waals surface area contributed by atoms with Crippen LogP contribution in [0.1, 0.15) is 35.5 Å². The number of nitrogens with zero attached hydrogens (tertiary/aromatic N) is 2. The van der Waals surface area contributed by atoms with Crippen LogP contribution in [-0.4, -0.2) is 18.6 Å². The first kappa shape index (κ1) is 14.7. The van der Waals surface area contributed by atoms with Crippen molar-refractivity contribution in [2.75, 3.05) is 0 Å². The molecule has 108 valence electrons. The van der Waals surface area contributed by atoms with Gasteiger partial charge in [-0.15, -0.1) is 5.10 Å². The third-order valence-corrected chi connectivity index (χ3v) is 4.35. The van der Waals surface area contributed by atoms with Crippen LogP contribution in [0.5, 0.6) is 0 Å². The van der Waals surface area contributed by atoms with E-state index >= 15 is 0 Å². The normalized spacial score (nSPS) is 13.4. The predicted octanol–water partition coefficient (Wildman–Crippen LogP) is 0.963. The Labute approximate surface area is 117 Å². The average Bonchev–Trinajstić information content (AvgIpc) is 2.84. The van der Waals surface area contributed by atoms with Crippen molar-refractivity contribution in [2.24, 2.45) is 0 Å². The minimum atomic E-state index is -3.63. The SMILES string of the molecule is Cc1ccc(C)c(CS(=O)(=O)c2nnc([C@H](C)[NH3+])o2)c1. The molecule has 20 heavy (non-hydrogen) atoms. The highest BCUT2D eigenvalue weighted by Crippen LogP contribution is 2.20. The Balaban J connectivity index is 2.33. The van der Waals surface area contributed by atoms with Crippen molar-refractivity contribution in [1.82, 2.24) is 10.2 Å². The van der Waals surface area contributed by atoms with Crippen molar-refractivity contribution in [3.8, 4) is 0 Å². The fourth-order valence-electron chi connectivity index (χ4n) is 1.77. The predicted molar refractivity (Wildman–Crippen MR) is 72.4 cm³/mol. The zero-order chi connectivity index (χ0) is 14.9. The maximum atomic E-state index is 12.3. The Bertz CT molecular complexity index is 720. The van der Waals surface area contributed by atoms with E-state index in [1.165, 1.54) is 0 Å². The van der Waals surface area contributed by atoms with E-state index < -0.39 is 9.84 Å². The van der Waals surface area contributed by atoms with Gasteiger partial charge in [0.1, 0.15) is 0 Å². The van der Waals surface area contributed by atoms with E-state index in [0.717, 1.165) is 16.7 Å². The molecule has 0 unspecified atom stereocenters. The molecule has 1 aromatic heterocycles. The molecular formula is C13H18N3O3S+. The molecule has 0 aliphatic rings. The Morgan fingerprint density at radius 1 is 1.30 bits per heavy atom. The zero-order valence-electron chi connectivity index (χ0n) is 11.8. The number of hydrogen-bond donors (Lipinski definition) is 1. The highest BCUT2D eigenvalue weighted by atomic mass is 32.2. The van der Waals surface area contributed by atoms with Crippen LogP contribution < -0.4 is 5.73 Å². The first-order chi connectivity index (χ1) is 9.29. The van der Waals surface area contributed by atoms with Crippen LogP contribution in [-0.2, 0) is 15.6 Å². The highest BCUT2D eigenvalue weighted by molar-refractivity contribution is 7.90. The standard InChI is InChI=1S/C13H17N3O3S/c1-8-4-5-9(2)11(6-8)7-20(17,18)13-16-15-12(19-13)10(3)14/h4-6,10H,7,14H2,1-3H3/p+1/t10-/m0/s1. The second-order valence-corrected chi connectivity index (χ2v) is 6.86. The third-order valence-electron chi connectivity index (χ3n) is 2.96. The molecular weight excluding hydrogens is 278 g/mol. The molecule has 0 spiro atoms. The smallest absolute Gasteiger partial charge is 0.336 e. The van der Waals surface area contributed by atoms with E-state index in [-0.39, 0.29) is 22.9 Å². The van der Waals surface area contributed by atoms with Gasteiger partial charge in [0.15, 0.2) is 6.04 Å². The summed E-state index contributed by atoms with van der Waals surface area (Å²) in [5.74, 6) is 0.0813.